The Morgan fingerprint density at radius 1 is 0.821 bits per heavy atom. The standard InChI is InChI=1S/C23H17ClN4/c24-18-12-10-17(11-13-18)21-15-28-22-9-5-4-8-19(22)25-20(23(28)27-26-21)14-16-6-2-1-3-7-16/h1-13H,14-15H2. The topological polar surface area (TPSA) is 40.3 Å². The minimum atomic E-state index is 0.644. The third-order valence-corrected chi connectivity index (χ3v) is 5.16. The highest BCUT2D eigenvalue weighted by molar-refractivity contribution is 6.49. The third-order valence-electron chi connectivity index (χ3n) is 4.91. The zero-order valence-corrected chi connectivity index (χ0v) is 15.8. The quantitative estimate of drug-likeness (QED) is 0.604. The zero-order chi connectivity index (χ0) is 18.9. The van der Waals surface area contributed by atoms with Gasteiger partial charge in [-0.05, 0) is 35.4 Å². The number of nitrogens with zero attached hydrogens (tertiary/aromatic N) is 4. The van der Waals surface area contributed by atoms with E-state index in [9.17, 15) is 0 Å². The third kappa shape index (κ3) is 3.12. The van der Waals surface area contributed by atoms with Gasteiger partial charge in [-0.25, -0.2) is 4.99 Å². The van der Waals surface area contributed by atoms with Crippen molar-refractivity contribution in [3.63, 3.8) is 0 Å². The smallest absolute Gasteiger partial charge is 0.178 e. The van der Waals surface area contributed by atoms with Crippen LogP contribution in [0.25, 0.3) is 0 Å². The molecule has 0 spiro atoms. The highest BCUT2D eigenvalue weighted by Crippen LogP contribution is 2.34. The van der Waals surface area contributed by atoms with Crippen molar-refractivity contribution in [2.75, 3.05) is 11.4 Å². The van der Waals surface area contributed by atoms with E-state index >= 15 is 0 Å². The van der Waals surface area contributed by atoms with Crippen LogP contribution in [0, 0.1) is 0 Å². The normalized spacial score (nSPS) is 15.2. The van der Waals surface area contributed by atoms with Gasteiger partial charge in [0, 0.05) is 11.4 Å². The van der Waals surface area contributed by atoms with Gasteiger partial charge in [-0.2, -0.15) is 5.10 Å². The lowest BCUT2D eigenvalue weighted by molar-refractivity contribution is 1.06. The molecule has 136 valence electrons. The van der Waals surface area contributed by atoms with Crippen LogP contribution in [-0.2, 0) is 6.42 Å². The summed E-state index contributed by atoms with van der Waals surface area (Å²) in [5, 5.41) is 9.81. The molecular weight excluding hydrogens is 368 g/mol. The fourth-order valence-electron chi connectivity index (χ4n) is 3.51. The van der Waals surface area contributed by atoms with E-state index in [4.69, 9.17) is 16.6 Å². The lowest BCUT2D eigenvalue weighted by atomic mass is 10.0. The number of benzene rings is 3. The summed E-state index contributed by atoms with van der Waals surface area (Å²) in [7, 11) is 0. The van der Waals surface area contributed by atoms with E-state index < -0.39 is 0 Å². The highest BCUT2D eigenvalue weighted by Gasteiger charge is 2.30. The van der Waals surface area contributed by atoms with Crippen molar-refractivity contribution in [2.45, 2.75) is 6.42 Å². The number of para-hydroxylation sites is 2. The molecule has 5 heteroatoms. The summed E-state index contributed by atoms with van der Waals surface area (Å²) in [6.45, 7) is 0.644. The molecule has 0 saturated heterocycles. The van der Waals surface area contributed by atoms with Crippen LogP contribution in [0.4, 0.5) is 11.4 Å². The van der Waals surface area contributed by atoms with Crippen molar-refractivity contribution in [2.24, 2.45) is 15.2 Å². The summed E-state index contributed by atoms with van der Waals surface area (Å²) in [6.07, 6.45) is 0.719. The molecule has 5 rings (SSSR count). The van der Waals surface area contributed by atoms with Crippen molar-refractivity contribution < 1.29 is 0 Å². The predicted octanol–water partition coefficient (Wildman–Crippen LogP) is 5.29. The predicted molar refractivity (Wildman–Crippen MR) is 116 cm³/mol. The maximum absolute atomic E-state index is 6.03. The number of hydrogen-bond donors (Lipinski definition) is 0. The molecule has 0 aliphatic carbocycles. The Morgan fingerprint density at radius 2 is 1.57 bits per heavy atom. The second kappa shape index (κ2) is 7.06. The van der Waals surface area contributed by atoms with Gasteiger partial charge >= 0.3 is 0 Å². The van der Waals surface area contributed by atoms with Gasteiger partial charge in [-0.1, -0.05) is 66.2 Å². The maximum atomic E-state index is 6.03. The summed E-state index contributed by atoms with van der Waals surface area (Å²) in [4.78, 5) is 7.10. The van der Waals surface area contributed by atoms with Crippen LogP contribution in [0.5, 0.6) is 0 Å². The second-order valence-electron chi connectivity index (χ2n) is 6.77. The molecule has 2 heterocycles. The number of fused-ring (bicyclic) bond motifs is 3. The number of amidine groups is 1. The van der Waals surface area contributed by atoms with Gasteiger partial charge in [0.2, 0.25) is 0 Å². The van der Waals surface area contributed by atoms with Gasteiger partial charge in [0.05, 0.1) is 29.3 Å². The van der Waals surface area contributed by atoms with Gasteiger partial charge in [0.1, 0.15) is 0 Å². The van der Waals surface area contributed by atoms with Crippen LogP contribution >= 0.6 is 11.6 Å². The molecule has 0 aromatic heterocycles. The van der Waals surface area contributed by atoms with Gasteiger partial charge in [0.25, 0.3) is 0 Å². The highest BCUT2D eigenvalue weighted by atomic mass is 35.5. The molecule has 0 bridgehead atoms. The lowest BCUT2D eigenvalue weighted by Crippen LogP contribution is -2.45. The van der Waals surface area contributed by atoms with Crippen molar-refractivity contribution in [1.82, 2.24) is 0 Å². The minimum absolute atomic E-state index is 0.644. The van der Waals surface area contributed by atoms with Gasteiger partial charge in [-0.15, -0.1) is 5.10 Å². The first kappa shape index (κ1) is 16.9. The number of rotatable bonds is 3. The van der Waals surface area contributed by atoms with E-state index in [2.05, 4.69) is 33.3 Å². The largest absolute Gasteiger partial charge is 0.315 e. The molecule has 0 radical (unpaired) electrons. The number of aliphatic imine (C=N–C) groups is 1. The second-order valence-corrected chi connectivity index (χ2v) is 7.21. The first-order valence-electron chi connectivity index (χ1n) is 9.17. The molecule has 0 atom stereocenters. The Balaban J connectivity index is 1.57. The van der Waals surface area contributed by atoms with Crippen LogP contribution < -0.4 is 4.90 Å². The molecule has 4 nitrogen and oxygen atoms in total. The van der Waals surface area contributed by atoms with E-state index in [0.717, 1.165) is 40.6 Å². The average molecular weight is 385 g/mol. The SMILES string of the molecule is Clc1ccc(C2=NN=C3C(Cc4ccccc4)=Nc4ccccc4N3C2)cc1. The number of anilines is 1. The molecule has 0 unspecified atom stereocenters. The van der Waals surface area contributed by atoms with E-state index in [-0.39, 0.29) is 0 Å². The van der Waals surface area contributed by atoms with E-state index in [1.54, 1.807) is 0 Å². The first-order chi connectivity index (χ1) is 13.8. The molecule has 2 aliphatic rings. The van der Waals surface area contributed by atoms with Crippen LogP contribution in [0.1, 0.15) is 11.1 Å². The fraction of sp³-hybridized carbons (Fsp3) is 0.0870. The zero-order valence-electron chi connectivity index (χ0n) is 15.1. The van der Waals surface area contributed by atoms with E-state index in [1.165, 1.54) is 5.56 Å². The Labute approximate surface area is 168 Å². The number of hydrogen-bond acceptors (Lipinski definition) is 4. The van der Waals surface area contributed by atoms with Crippen LogP contribution in [0.15, 0.2) is 94.1 Å². The molecule has 3 aromatic rings. The van der Waals surface area contributed by atoms with Crippen molar-refractivity contribution in [1.29, 1.82) is 0 Å². The molecule has 0 fully saturated rings. The van der Waals surface area contributed by atoms with Crippen molar-refractivity contribution >= 4 is 40.2 Å². The summed E-state index contributed by atoms with van der Waals surface area (Å²) >= 11 is 6.03. The van der Waals surface area contributed by atoms with E-state index in [1.807, 2.05) is 60.7 Å². The summed E-state index contributed by atoms with van der Waals surface area (Å²) in [5.41, 5.74) is 6.09. The molecule has 2 aliphatic heterocycles. The Bertz CT molecular complexity index is 1110. The number of halogens is 1. The molecule has 0 N–H and O–H groups in total. The van der Waals surface area contributed by atoms with Crippen LogP contribution in [0.3, 0.4) is 0 Å². The first-order valence-corrected chi connectivity index (χ1v) is 9.54. The summed E-state index contributed by atoms with van der Waals surface area (Å²) in [6, 6.07) is 26.2. The molecule has 0 amide bonds. The van der Waals surface area contributed by atoms with E-state index in [0.29, 0.717) is 11.6 Å². The minimum Gasteiger partial charge on any atom is -0.315 e. The van der Waals surface area contributed by atoms with Gasteiger partial charge in [0.15, 0.2) is 5.84 Å². The van der Waals surface area contributed by atoms with Gasteiger partial charge < -0.3 is 4.90 Å². The maximum Gasteiger partial charge on any atom is 0.178 e. The summed E-state index contributed by atoms with van der Waals surface area (Å²) < 4.78 is 0. The summed E-state index contributed by atoms with van der Waals surface area (Å²) in [5.74, 6) is 0.820. The lowest BCUT2D eigenvalue weighted by Gasteiger charge is -2.33. The van der Waals surface area contributed by atoms with Gasteiger partial charge in [-0.3, -0.25) is 0 Å². The molecule has 3 aromatic carbocycles. The monoisotopic (exact) mass is 384 g/mol. The van der Waals surface area contributed by atoms with Crippen LogP contribution in [-0.4, -0.2) is 23.8 Å². The van der Waals surface area contributed by atoms with Crippen LogP contribution in [0.2, 0.25) is 5.02 Å². The fourth-order valence-corrected chi connectivity index (χ4v) is 3.64. The van der Waals surface area contributed by atoms with Crippen molar-refractivity contribution in [3.05, 3.63) is 95.0 Å². The Hall–Kier alpha value is -3.24. The molecule has 0 saturated carbocycles. The average Bonchev–Trinajstić information content (AvgIpc) is 2.75. The Morgan fingerprint density at radius 3 is 2.39 bits per heavy atom. The molecule has 28 heavy (non-hydrogen) atoms. The van der Waals surface area contributed by atoms with Crippen molar-refractivity contribution in [3.8, 4) is 0 Å². The Kier molecular flexibility index (Phi) is 4.26. The molecular formula is C23H17ClN4.